The molecule has 0 saturated heterocycles. The number of rotatable bonds is 2. The second kappa shape index (κ2) is 6.26. The van der Waals surface area contributed by atoms with Crippen LogP contribution in [0, 0.1) is 0 Å². The number of benzene rings is 1. The van der Waals surface area contributed by atoms with E-state index in [9.17, 15) is 9.59 Å². The number of carbonyl (C=O) groups is 2. The average Bonchev–Trinajstić information content (AvgIpc) is 2.26. The van der Waals surface area contributed by atoms with Crippen molar-refractivity contribution in [3.8, 4) is 0 Å². The molecule has 2 N–H and O–H groups in total. The predicted molar refractivity (Wildman–Crippen MR) is 53.5 cm³/mol. The maximum absolute atomic E-state index is 11.3. The molecule has 0 saturated carbocycles. The summed E-state index contributed by atoms with van der Waals surface area (Å²) in [5, 5.41) is 0. The SMILES string of the molecule is COC(=O)c1ccc(N)cc1C(=O)OC.[Pd]. The molecule has 5 nitrogen and oxygen atoms in total. The van der Waals surface area contributed by atoms with E-state index in [4.69, 9.17) is 5.73 Å². The molecule has 1 aromatic rings. The third-order valence-corrected chi connectivity index (χ3v) is 1.85. The van der Waals surface area contributed by atoms with E-state index in [1.54, 1.807) is 0 Å². The Hall–Kier alpha value is -1.38. The van der Waals surface area contributed by atoms with E-state index in [0.717, 1.165) is 0 Å². The summed E-state index contributed by atoms with van der Waals surface area (Å²) in [5.74, 6) is -1.22. The van der Waals surface area contributed by atoms with Crippen molar-refractivity contribution in [3.63, 3.8) is 0 Å². The number of esters is 2. The van der Waals surface area contributed by atoms with Crippen molar-refractivity contribution in [2.75, 3.05) is 20.0 Å². The number of hydrogen-bond donors (Lipinski definition) is 1. The molecule has 6 heteroatoms. The van der Waals surface area contributed by atoms with Gasteiger partial charge < -0.3 is 15.2 Å². The predicted octanol–water partition coefficient (Wildman–Crippen LogP) is 0.840. The van der Waals surface area contributed by atoms with Crippen LogP contribution < -0.4 is 5.73 Å². The maximum atomic E-state index is 11.3. The Morgan fingerprint density at radius 3 is 2.06 bits per heavy atom. The summed E-state index contributed by atoms with van der Waals surface area (Å²) in [6.07, 6.45) is 0. The third kappa shape index (κ3) is 3.06. The van der Waals surface area contributed by atoms with Gasteiger partial charge in [0.25, 0.3) is 0 Å². The minimum absolute atomic E-state index is 0. The zero-order chi connectivity index (χ0) is 11.4. The molecule has 0 amide bonds. The van der Waals surface area contributed by atoms with Gasteiger partial charge in [0.15, 0.2) is 0 Å². The van der Waals surface area contributed by atoms with Gasteiger partial charge in [-0.15, -0.1) is 0 Å². The quantitative estimate of drug-likeness (QED) is 0.497. The minimum atomic E-state index is -0.622. The summed E-state index contributed by atoms with van der Waals surface area (Å²) in [6, 6.07) is 4.31. The van der Waals surface area contributed by atoms with Crippen LogP contribution in [0.25, 0.3) is 0 Å². The fourth-order valence-corrected chi connectivity index (χ4v) is 1.13. The van der Waals surface area contributed by atoms with E-state index in [0.29, 0.717) is 5.69 Å². The Kier molecular flexibility index (Phi) is 5.72. The molecule has 0 aromatic heterocycles. The van der Waals surface area contributed by atoms with Gasteiger partial charge in [0.2, 0.25) is 0 Å². The molecule has 0 spiro atoms. The first-order valence-electron chi connectivity index (χ1n) is 4.16. The van der Waals surface area contributed by atoms with Gasteiger partial charge in [-0.1, -0.05) is 0 Å². The van der Waals surface area contributed by atoms with Crippen LogP contribution in [0.5, 0.6) is 0 Å². The summed E-state index contributed by atoms with van der Waals surface area (Å²) in [6.45, 7) is 0. The molecular weight excluding hydrogens is 305 g/mol. The molecule has 0 fully saturated rings. The Morgan fingerprint density at radius 1 is 1.06 bits per heavy atom. The number of carbonyl (C=O) groups excluding carboxylic acids is 2. The Labute approximate surface area is 107 Å². The van der Waals surface area contributed by atoms with Gasteiger partial charge in [0.1, 0.15) is 0 Å². The van der Waals surface area contributed by atoms with Crippen molar-refractivity contribution in [2.24, 2.45) is 0 Å². The molecule has 0 bridgehead atoms. The van der Waals surface area contributed by atoms with E-state index in [2.05, 4.69) is 9.47 Å². The molecule has 1 rings (SSSR count). The van der Waals surface area contributed by atoms with Crippen molar-refractivity contribution >= 4 is 17.6 Å². The summed E-state index contributed by atoms with van der Waals surface area (Å²) in [5.41, 5.74) is 6.12. The minimum Gasteiger partial charge on any atom is -0.465 e. The van der Waals surface area contributed by atoms with Crippen LogP contribution in [-0.4, -0.2) is 26.2 Å². The van der Waals surface area contributed by atoms with Crippen molar-refractivity contribution in [1.82, 2.24) is 0 Å². The van der Waals surface area contributed by atoms with Crippen LogP contribution in [0.15, 0.2) is 18.2 Å². The summed E-state index contributed by atoms with van der Waals surface area (Å²) in [7, 11) is 2.46. The largest absolute Gasteiger partial charge is 0.465 e. The zero-order valence-electron chi connectivity index (χ0n) is 8.76. The first-order chi connectivity index (χ1) is 7.10. The average molecular weight is 316 g/mol. The van der Waals surface area contributed by atoms with Crippen LogP contribution in [-0.2, 0) is 29.9 Å². The van der Waals surface area contributed by atoms with Crippen LogP contribution in [0.3, 0.4) is 0 Å². The summed E-state index contributed by atoms with van der Waals surface area (Å²) < 4.78 is 9.05. The molecule has 16 heavy (non-hydrogen) atoms. The topological polar surface area (TPSA) is 78.6 Å². The number of methoxy groups -OCH3 is 2. The fourth-order valence-electron chi connectivity index (χ4n) is 1.13. The fraction of sp³-hybridized carbons (Fsp3) is 0.200. The van der Waals surface area contributed by atoms with Crippen LogP contribution in [0.1, 0.15) is 20.7 Å². The molecule has 1 aromatic carbocycles. The normalized spacial score (nSPS) is 8.88. The van der Waals surface area contributed by atoms with E-state index >= 15 is 0 Å². The van der Waals surface area contributed by atoms with E-state index in [1.165, 1.54) is 32.4 Å². The van der Waals surface area contributed by atoms with Crippen molar-refractivity contribution in [1.29, 1.82) is 0 Å². The van der Waals surface area contributed by atoms with Crippen LogP contribution in [0.2, 0.25) is 0 Å². The van der Waals surface area contributed by atoms with Gasteiger partial charge in [0, 0.05) is 26.1 Å². The monoisotopic (exact) mass is 315 g/mol. The number of nitrogens with two attached hydrogens (primary N) is 1. The van der Waals surface area contributed by atoms with Gasteiger partial charge in [-0.2, -0.15) is 0 Å². The van der Waals surface area contributed by atoms with E-state index in [-0.39, 0.29) is 31.5 Å². The molecule has 0 heterocycles. The van der Waals surface area contributed by atoms with Crippen LogP contribution in [0.4, 0.5) is 5.69 Å². The van der Waals surface area contributed by atoms with Gasteiger partial charge in [-0.3, -0.25) is 0 Å². The first kappa shape index (κ1) is 14.6. The Morgan fingerprint density at radius 2 is 1.56 bits per heavy atom. The van der Waals surface area contributed by atoms with Crippen molar-refractivity contribution in [2.45, 2.75) is 0 Å². The molecule has 0 aliphatic rings. The Bertz CT molecular complexity index is 406. The Balaban J connectivity index is 0.00000225. The van der Waals surface area contributed by atoms with E-state index < -0.39 is 11.9 Å². The molecular formula is C10H11NO4Pd. The number of hydrogen-bond acceptors (Lipinski definition) is 5. The molecule has 0 atom stereocenters. The molecule has 0 aliphatic heterocycles. The maximum Gasteiger partial charge on any atom is 0.338 e. The second-order valence-electron chi connectivity index (χ2n) is 2.79. The molecule has 90 valence electrons. The third-order valence-electron chi connectivity index (χ3n) is 1.85. The van der Waals surface area contributed by atoms with Crippen molar-refractivity contribution in [3.05, 3.63) is 29.3 Å². The van der Waals surface area contributed by atoms with Gasteiger partial charge >= 0.3 is 11.9 Å². The summed E-state index contributed by atoms with van der Waals surface area (Å²) >= 11 is 0. The first-order valence-corrected chi connectivity index (χ1v) is 4.16. The molecule has 0 unspecified atom stereocenters. The number of anilines is 1. The van der Waals surface area contributed by atoms with Gasteiger partial charge in [0.05, 0.1) is 25.3 Å². The van der Waals surface area contributed by atoms with Crippen molar-refractivity contribution < 1.29 is 39.5 Å². The van der Waals surface area contributed by atoms with Crippen LogP contribution >= 0.6 is 0 Å². The standard InChI is InChI=1S/C10H11NO4.Pd/c1-14-9(12)7-4-3-6(11)5-8(7)10(13)15-2;/h3-5H,11H2,1-2H3;. The smallest absolute Gasteiger partial charge is 0.338 e. The van der Waals surface area contributed by atoms with E-state index in [1.807, 2.05) is 0 Å². The molecule has 0 radical (unpaired) electrons. The van der Waals surface area contributed by atoms with Gasteiger partial charge in [-0.05, 0) is 18.2 Å². The number of ether oxygens (including phenoxy) is 2. The second-order valence-corrected chi connectivity index (χ2v) is 2.79. The molecule has 0 aliphatic carbocycles. The summed E-state index contributed by atoms with van der Waals surface area (Å²) in [4.78, 5) is 22.6. The number of nitrogen functional groups attached to an aromatic ring is 1. The zero-order valence-corrected chi connectivity index (χ0v) is 10.3. The van der Waals surface area contributed by atoms with Gasteiger partial charge in [-0.25, -0.2) is 9.59 Å².